The van der Waals surface area contributed by atoms with Crippen LogP contribution in [0.4, 0.5) is 0 Å². The number of hydrogen-bond donors (Lipinski definition) is 1. The van der Waals surface area contributed by atoms with E-state index in [1.54, 1.807) is 6.33 Å². The number of nitrogens with one attached hydrogen (secondary N) is 1. The third kappa shape index (κ3) is 3.91. The first-order chi connectivity index (χ1) is 12.3. The van der Waals surface area contributed by atoms with E-state index in [9.17, 15) is 0 Å². The molecule has 128 valence electrons. The van der Waals surface area contributed by atoms with Crippen LogP contribution in [0.15, 0.2) is 43.1 Å². The Morgan fingerprint density at radius 3 is 3.00 bits per heavy atom. The Bertz CT molecular complexity index is 829. The second kappa shape index (κ2) is 7.11. The first-order valence-electron chi connectivity index (χ1n) is 8.70. The Morgan fingerprint density at radius 2 is 2.20 bits per heavy atom. The number of imidazole rings is 1. The Kier molecular flexibility index (Phi) is 4.52. The Labute approximate surface area is 147 Å². The molecule has 0 aliphatic carbocycles. The van der Waals surface area contributed by atoms with Crippen LogP contribution in [0, 0.1) is 12.8 Å². The van der Waals surface area contributed by atoms with Gasteiger partial charge in [0.2, 0.25) is 0 Å². The van der Waals surface area contributed by atoms with Gasteiger partial charge in [-0.2, -0.15) is 0 Å². The molecular formula is C19H22N6. The molecule has 1 N–H and O–H groups in total. The van der Waals surface area contributed by atoms with E-state index in [4.69, 9.17) is 0 Å². The van der Waals surface area contributed by atoms with Crippen LogP contribution in [0.1, 0.15) is 23.4 Å². The van der Waals surface area contributed by atoms with E-state index in [0.717, 1.165) is 49.0 Å². The zero-order valence-corrected chi connectivity index (χ0v) is 14.4. The van der Waals surface area contributed by atoms with Gasteiger partial charge < -0.3 is 4.98 Å². The minimum absolute atomic E-state index is 0.637. The van der Waals surface area contributed by atoms with Gasteiger partial charge in [-0.25, -0.2) is 15.0 Å². The average Bonchev–Trinajstić information content (AvgIpc) is 3.25. The van der Waals surface area contributed by atoms with Crippen LogP contribution in [-0.2, 0) is 13.0 Å². The lowest BCUT2D eigenvalue weighted by molar-refractivity contribution is 0.315. The molecule has 6 nitrogen and oxygen atoms in total. The van der Waals surface area contributed by atoms with Crippen molar-refractivity contribution in [1.29, 1.82) is 0 Å². The Hall–Kier alpha value is -2.60. The smallest absolute Gasteiger partial charge is 0.156 e. The Morgan fingerprint density at radius 1 is 1.24 bits per heavy atom. The van der Waals surface area contributed by atoms with Gasteiger partial charge in [0.05, 0.1) is 0 Å². The normalized spacial score (nSPS) is 17.9. The second-order valence-electron chi connectivity index (χ2n) is 6.76. The molecule has 1 aliphatic heterocycles. The van der Waals surface area contributed by atoms with Crippen LogP contribution in [0.3, 0.4) is 0 Å². The lowest BCUT2D eigenvalue weighted by Gasteiger charge is -2.15. The zero-order chi connectivity index (χ0) is 17.1. The number of pyridine rings is 1. The summed E-state index contributed by atoms with van der Waals surface area (Å²) in [7, 11) is 0. The molecule has 3 aromatic rings. The predicted molar refractivity (Wildman–Crippen MR) is 95.7 cm³/mol. The maximum Gasteiger partial charge on any atom is 0.156 e. The van der Waals surface area contributed by atoms with Crippen molar-refractivity contribution in [3.8, 4) is 11.5 Å². The molecule has 4 heterocycles. The fourth-order valence-electron chi connectivity index (χ4n) is 3.45. The van der Waals surface area contributed by atoms with E-state index in [1.165, 1.54) is 12.0 Å². The molecule has 1 saturated heterocycles. The molecule has 1 aliphatic rings. The highest BCUT2D eigenvalue weighted by molar-refractivity contribution is 5.49. The number of rotatable bonds is 5. The molecule has 0 amide bonds. The van der Waals surface area contributed by atoms with Crippen LogP contribution in [0.5, 0.6) is 0 Å². The molecule has 0 bridgehead atoms. The fraction of sp³-hybridized carbons (Fsp3) is 0.368. The van der Waals surface area contributed by atoms with E-state index < -0.39 is 0 Å². The molecule has 1 fully saturated rings. The average molecular weight is 334 g/mol. The molecule has 6 heteroatoms. The number of aromatic nitrogens is 5. The van der Waals surface area contributed by atoms with Gasteiger partial charge in [0.25, 0.3) is 0 Å². The van der Waals surface area contributed by atoms with Crippen molar-refractivity contribution in [1.82, 2.24) is 29.8 Å². The van der Waals surface area contributed by atoms with Gasteiger partial charge in [-0.3, -0.25) is 9.88 Å². The molecule has 3 aromatic heterocycles. The van der Waals surface area contributed by atoms with Crippen molar-refractivity contribution in [2.45, 2.75) is 26.3 Å². The fourth-order valence-corrected chi connectivity index (χ4v) is 3.45. The minimum atomic E-state index is 0.637. The number of H-pyrrole nitrogens is 1. The highest BCUT2D eigenvalue weighted by Gasteiger charge is 2.23. The van der Waals surface area contributed by atoms with Crippen LogP contribution in [-0.4, -0.2) is 42.9 Å². The number of hydrogen-bond acceptors (Lipinski definition) is 5. The van der Waals surface area contributed by atoms with Crippen LogP contribution in [0.2, 0.25) is 0 Å². The summed E-state index contributed by atoms with van der Waals surface area (Å²) in [4.78, 5) is 23.1. The van der Waals surface area contributed by atoms with E-state index in [0.29, 0.717) is 5.92 Å². The van der Waals surface area contributed by atoms with E-state index in [1.807, 2.05) is 31.6 Å². The molecule has 25 heavy (non-hydrogen) atoms. The third-order valence-corrected chi connectivity index (χ3v) is 4.67. The van der Waals surface area contributed by atoms with Crippen LogP contribution in [0.25, 0.3) is 11.5 Å². The van der Waals surface area contributed by atoms with Gasteiger partial charge in [-0.15, -0.1) is 0 Å². The third-order valence-electron chi connectivity index (χ3n) is 4.67. The van der Waals surface area contributed by atoms with Crippen molar-refractivity contribution in [2.24, 2.45) is 5.92 Å². The summed E-state index contributed by atoms with van der Waals surface area (Å²) in [6.07, 6.45) is 9.44. The van der Waals surface area contributed by atoms with Crippen LogP contribution >= 0.6 is 0 Å². The summed E-state index contributed by atoms with van der Waals surface area (Å²) in [5.74, 6) is 1.45. The maximum atomic E-state index is 4.46. The summed E-state index contributed by atoms with van der Waals surface area (Å²) in [5, 5.41) is 0. The van der Waals surface area contributed by atoms with Gasteiger partial charge in [0, 0.05) is 43.1 Å². The summed E-state index contributed by atoms with van der Waals surface area (Å²) < 4.78 is 0. The van der Waals surface area contributed by atoms with Crippen molar-refractivity contribution in [3.63, 3.8) is 0 Å². The van der Waals surface area contributed by atoms with Gasteiger partial charge in [0.15, 0.2) is 5.82 Å². The molecule has 0 spiro atoms. The van der Waals surface area contributed by atoms with Crippen LogP contribution < -0.4 is 0 Å². The number of likely N-dealkylation sites (tertiary alicyclic amines) is 1. The summed E-state index contributed by atoms with van der Waals surface area (Å²) in [5.41, 5.74) is 4.27. The van der Waals surface area contributed by atoms with Crippen molar-refractivity contribution in [2.75, 3.05) is 13.1 Å². The number of nitrogens with zero attached hydrogens (tertiary/aromatic N) is 5. The first kappa shape index (κ1) is 15.9. The van der Waals surface area contributed by atoms with Crippen molar-refractivity contribution in [3.05, 3.63) is 60.1 Å². The summed E-state index contributed by atoms with van der Waals surface area (Å²) >= 11 is 0. The molecular weight excluding hydrogens is 312 g/mol. The standard InChI is InChI=1S/C19H22N6/c1-14-9-21-19(24-14)18-8-17(22-13-23-18)7-15-4-6-25(11-15)12-16-3-2-5-20-10-16/h2-3,5,8-10,13,15H,4,6-7,11-12H2,1H3,(H,21,24). The SMILES string of the molecule is Cc1cnc(-c2cc(CC3CCN(Cc4cccnc4)C3)ncn2)[nH]1. The monoisotopic (exact) mass is 334 g/mol. The molecule has 0 saturated carbocycles. The molecule has 0 radical (unpaired) electrons. The molecule has 1 unspecified atom stereocenters. The maximum absolute atomic E-state index is 4.46. The van der Waals surface area contributed by atoms with E-state index >= 15 is 0 Å². The number of aryl methyl sites for hydroxylation is 1. The Balaban J connectivity index is 1.38. The topological polar surface area (TPSA) is 70.6 Å². The molecule has 0 aromatic carbocycles. The second-order valence-corrected chi connectivity index (χ2v) is 6.76. The van der Waals surface area contributed by atoms with E-state index in [-0.39, 0.29) is 0 Å². The minimum Gasteiger partial charge on any atom is -0.341 e. The van der Waals surface area contributed by atoms with Crippen molar-refractivity contribution < 1.29 is 0 Å². The lowest BCUT2D eigenvalue weighted by Crippen LogP contribution is -2.20. The molecule has 4 rings (SSSR count). The highest BCUT2D eigenvalue weighted by atomic mass is 15.1. The van der Waals surface area contributed by atoms with E-state index in [2.05, 4.69) is 42.0 Å². The first-order valence-corrected chi connectivity index (χ1v) is 8.70. The largest absolute Gasteiger partial charge is 0.341 e. The van der Waals surface area contributed by atoms with Gasteiger partial charge in [-0.05, 0) is 49.9 Å². The van der Waals surface area contributed by atoms with Gasteiger partial charge in [0.1, 0.15) is 12.0 Å². The van der Waals surface area contributed by atoms with Gasteiger partial charge >= 0.3 is 0 Å². The number of aromatic amines is 1. The predicted octanol–water partition coefficient (Wildman–Crippen LogP) is 2.63. The quantitative estimate of drug-likeness (QED) is 0.777. The molecule has 1 atom stereocenters. The zero-order valence-electron chi connectivity index (χ0n) is 14.4. The lowest BCUT2D eigenvalue weighted by atomic mass is 10.0. The summed E-state index contributed by atoms with van der Waals surface area (Å²) in [6.45, 7) is 5.21. The summed E-state index contributed by atoms with van der Waals surface area (Å²) in [6, 6.07) is 6.20. The van der Waals surface area contributed by atoms with Gasteiger partial charge in [-0.1, -0.05) is 6.07 Å². The highest BCUT2D eigenvalue weighted by Crippen LogP contribution is 2.23. The van der Waals surface area contributed by atoms with Crippen molar-refractivity contribution >= 4 is 0 Å².